The molecule has 1 aliphatic heterocycles. The fraction of sp³-hybridized carbons (Fsp3) is 0.364. The molecule has 7 heteroatoms. The third kappa shape index (κ3) is 3.83. The molecule has 0 unspecified atom stereocenters. The maximum atomic E-state index is 5.98. The lowest BCUT2D eigenvalue weighted by molar-refractivity contribution is 0.145. The molecular formula is C22H25N5O2. The molecule has 0 radical (unpaired) electrons. The first kappa shape index (κ1) is 18.1. The molecule has 0 N–H and O–H groups in total. The average Bonchev–Trinajstić information content (AvgIpc) is 3.36. The molecule has 1 fully saturated rings. The SMILES string of the molecule is CN1CCN(CCCOc2ccc3ncc(-c4cc5ccccc5o4)n3n2)CC1. The topological polar surface area (TPSA) is 59.0 Å². The molecule has 7 nitrogen and oxygen atoms in total. The molecule has 4 aromatic rings. The van der Waals surface area contributed by atoms with Gasteiger partial charge in [0.2, 0.25) is 5.88 Å². The van der Waals surface area contributed by atoms with Gasteiger partial charge in [0.15, 0.2) is 11.4 Å². The minimum atomic E-state index is 0.603. The fourth-order valence-corrected chi connectivity index (χ4v) is 3.75. The van der Waals surface area contributed by atoms with Gasteiger partial charge in [0.05, 0.1) is 12.8 Å². The van der Waals surface area contributed by atoms with Gasteiger partial charge < -0.3 is 19.0 Å². The second-order valence-corrected chi connectivity index (χ2v) is 7.58. The van der Waals surface area contributed by atoms with E-state index in [1.165, 1.54) is 0 Å². The summed E-state index contributed by atoms with van der Waals surface area (Å²) in [4.78, 5) is 9.31. The Morgan fingerprint density at radius 1 is 1.07 bits per heavy atom. The van der Waals surface area contributed by atoms with Crippen molar-refractivity contribution in [3.05, 3.63) is 48.7 Å². The zero-order valence-corrected chi connectivity index (χ0v) is 16.6. The summed E-state index contributed by atoms with van der Waals surface area (Å²) in [6.07, 6.45) is 2.78. The van der Waals surface area contributed by atoms with Gasteiger partial charge in [-0.15, -0.1) is 5.10 Å². The molecule has 150 valence electrons. The molecule has 3 aromatic heterocycles. The summed E-state index contributed by atoms with van der Waals surface area (Å²) in [6.45, 7) is 6.27. The summed E-state index contributed by atoms with van der Waals surface area (Å²) in [5, 5.41) is 5.69. The van der Waals surface area contributed by atoms with Gasteiger partial charge in [-0.25, -0.2) is 9.50 Å². The number of imidazole rings is 1. The van der Waals surface area contributed by atoms with Gasteiger partial charge >= 0.3 is 0 Å². The van der Waals surface area contributed by atoms with Crippen molar-refractivity contribution in [2.75, 3.05) is 46.4 Å². The van der Waals surface area contributed by atoms with Crippen molar-refractivity contribution < 1.29 is 9.15 Å². The normalized spacial score (nSPS) is 16.0. The number of hydrogen-bond donors (Lipinski definition) is 0. The monoisotopic (exact) mass is 391 g/mol. The minimum Gasteiger partial charge on any atom is -0.477 e. The van der Waals surface area contributed by atoms with Gasteiger partial charge in [-0.2, -0.15) is 0 Å². The van der Waals surface area contributed by atoms with Crippen LogP contribution in [0.4, 0.5) is 0 Å². The Hall–Kier alpha value is -2.90. The van der Waals surface area contributed by atoms with E-state index in [1.54, 1.807) is 10.7 Å². The number of fused-ring (bicyclic) bond motifs is 2. The number of para-hydroxylation sites is 1. The van der Waals surface area contributed by atoms with Crippen LogP contribution in [-0.2, 0) is 0 Å². The number of nitrogens with zero attached hydrogens (tertiary/aromatic N) is 5. The van der Waals surface area contributed by atoms with E-state index in [0.717, 1.165) is 67.2 Å². The molecular weight excluding hydrogens is 366 g/mol. The number of rotatable bonds is 6. The van der Waals surface area contributed by atoms with Crippen LogP contribution in [0.25, 0.3) is 28.1 Å². The van der Waals surface area contributed by atoms with E-state index < -0.39 is 0 Å². The first-order valence-electron chi connectivity index (χ1n) is 10.1. The van der Waals surface area contributed by atoms with Crippen LogP contribution >= 0.6 is 0 Å². The highest BCUT2D eigenvalue weighted by molar-refractivity contribution is 5.82. The van der Waals surface area contributed by atoms with Gasteiger partial charge in [0.25, 0.3) is 0 Å². The summed E-state index contributed by atoms with van der Waals surface area (Å²) >= 11 is 0. The van der Waals surface area contributed by atoms with Gasteiger partial charge in [0, 0.05) is 44.2 Å². The van der Waals surface area contributed by atoms with Crippen LogP contribution in [0.2, 0.25) is 0 Å². The number of furan rings is 1. The Labute approximate surface area is 169 Å². The molecule has 0 bridgehead atoms. The maximum Gasteiger partial charge on any atom is 0.231 e. The molecule has 29 heavy (non-hydrogen) atoms. The summed E-state index contributed by atoms with van der Waals surface area (Å²) in [7, 11) is 2.18. The van der Waals surface area contributed by atoms with Crippen molar-refractivity contribution in [1.82, 2.24) is 24.4 Å². The lowest BCUT2D eigenvalue weighted by atomic mass is 10.2. The predicted octanol–water partition coefficient (Wildman–Crippen LogP) is 3.16. The molecule has 4 heterocycles. The zero-order chi connectivity index (χ0) is 19.6. The van der Waals surface area contributed by atoms with Gasteiger partial charge in [-0.3, -0.25) is 0 Å². The quantitative estimate of drug-likeness (QED) is 0.471. The highest BCUT2D eigenvalue weighted by atomic mass is 16.5. The van der Waals surface area contributed by atoms with Crippen LogP contribution < -0.4 is 4.74 Å². The van der Waals surface area contributed by atoms with Crippen molar-refractivity contribution in [3.8, 4) is 17.3 Å². The predicted molar refractivity (Wildman–Crippen MR) is 112 cm³/mol. The number of piperazine rings is 1. The van der Waals surface area contributed by atoms with Gasteiger partial charge in [-0.05, 0) is 31.7 Å². The van der Waals surface area contributed by atoms with E-state index >= 15 is 0 Å². The van der Waals surface area contributed by atoms with E-state index in [2.05, 4.69) is 26.9 Å². The Morgan fingerprint density at radius 3 is 2.79 bits per heavy atom. The fourth-order valence-electron chi connectivity index (χ4n) is 3.75. The second-order valence-electron chi connectivity index (χ2n) is 7.58. The lowest BCUT2D eigenvalue weighted by Gasteiger charge is -2.32. The maximum absolute atomic E-state index is 5.98. The van der Waals surface area contributed by atoms with Gasteiger partial charge in [0.1, 0.15) is 11.3 Å². The Bertz CT molecular complexity index is 1080. The molecule has 1 aromatic carbocycles. The summed E-state index contributed by atoms with van der Waals surface area (Å²) in [6, 6.07) is 13.8. The molecule has 0 atom stereocenters. The zero-order valence-electron chi connectivity index (χ0n) is 16.6. The van der Waals surface area contributed by atoms with Crippen LogP contribution in [0.15, 0.2) is 53.1 Å². The number of ether oxygens (including phenoxy) is 1. The van der Waals surface area contributed by atoms with E-state index in [4.69, 9.17) is 9.15 Å². The van der Waals surface area contributed by atoms with Crippen LogP contribution in [0.5, 0.6) is 5.88 Å². The Morgan fingerprint density at radius 2 is 1.93 bits per heavy atom. The molecule has 1 aliphatic rings. The highest BCUT2D eigenvalue weighted by Crippen LogP contribution is 2.28. The smallest absolute Gasteiger partial charge is 0.231 e. The van der Waals surface area contributed by atoms with Crippen molar-refractivity contribution in [2.45, 2.75) is 6.42 Å². The summed E-state index contributed by atoms with van der Waals surface area (Å²) < 4.78 is 13.7. The Balaban J connectivity index is 1.27. The molecule has 5 rings (SSSR count). The van der Waals surface area contributed by atoms with Crippen LogP contribution in [0.3, 0.4) is 0 Å². The van der Waals surface area contributed by atoms with Crippen LogP contribution in [-0.4, -0.2) is 70.8 Å². The largest absolute Gasteiger partial charge is 0.477 e. The third-order valence-corrected chi connectivity index (χ3v) is 5.48. The standard InChI is InChI=1S/C22H25N5O2/c1-25-10-12-26(13-11-25)9-4-14-28-22-8-7-21-23-16-18(27(21)24-22)20-15-17-5-2-3-6-19(17)29-20/h2-3,5-8,15-16H,4,9-14H2,1H3. The Kier molecular flexibility index (Phi) is 4.91. The number of aromatic nitrogens is 3. The highest BCUT2D eigenvalue weighted by Gasteiger charge is 2.14. The lowest BCUT2D eigenvalue weighted by Crippen LogP contribution is -2.44. The van der Waals surface area contributed by atoms with Crippen LogP contribution in [0, 0.1) is 0 Å². The molecule has 1 saturated heterocycles. The number of hydrogen-bond acceptors (Lipinski definition) is 6. The number of likely N-dealkylation sites (N-methyl/N-ethyl adjacent to an activating group) is 1. The third-order valence-electron chi connectivity index (χ3n) is 5.48. The van der Waals surface area contributed by atoms with Gasteiger partial charge in [-0.1, -0.05) is 18.2 Å². The summed E-state index contributed by atoms with van der Waals surface area (Å²) in [5.74, 6) is 1.35. The van der Waals surface area contributed by atoms with Crippen molar-refractivity contribution in [2.24, 2.45) is 0 Å². The van der Waals surface area contributed by atoms with Crippen molar-refractivity contribution >= 4 is 16.6 Å². The van der Waals surface area contributed by atoms with Crippen LogP contribution in [0.1, 0.15) is 6.42 Å². The summed E-state index contributed by atoms with van der Waals surface area (Å²) in [5.41, 5.74) is 2.44. The van der Waals surface area contributed by atoms with Crippen molar-refractivity contribution in [1.29, 1.82) is 0 Å². The molecule has 0 amide bonds. The molecule has 0 spiro atoms. The molecule has 0 saturated carbocycles. The van der Waals surface area contributed by atoms with E-state index in [-0.39, 0.29) is 0 Å². The van der Waals surface area contributed by atoms with E-state index in [9.17, 15) is 0 Å². The average molecular weight is 391 g/mol. The van der Waals surface area contributed by atoms with E-state index in [0.29, 0.717) is 12.5 Å². The van der Waals surface area contributed by atoms with Crippen molar-refractivity contribution in [3.63, 3.8) is 0 Å². The number of benzene rings is 1. The second kappa shape index (κ2) is 7.85. The first-order valence-corrected chi connectivity index (χ1v) is 10.1. The van der Waals surface area contributed by atoms with E-state index in [1.807, 2.05) is 42.5 Å². The molecule has 0 aliphatic carbocycles. The minimum absolute atomic E-state index is 0.603. The first-order chi connectivity index (χ1) is 14.3.